The molecule has 0 bridgehead atoms. The fourth-order valence-electron chi connectivity index (χ4n) is 1.71. The van der Waals surface area contributed by atoms with Gasteiger partial charge in [-0.05, 0) is 18.6 Å². The Kier molecular flexibility index (Phi) is 5.34. The molecule has 7 heteroatoms. The lowest BCUT2D eigenvalue weighted by Gasteiger charge is -2.10. The summed E-state index contributed by atoms with van der Waals surface area (Å²) in [4.78, 5) is 6.36. The van der Waals surface area contributed by atoms with Gasteiger partial charge in [-0.15, -0.1) is 0 Å². The molecular weight excluding hydrogens is 315 g/mol. The summed E-state index contributed by atoms with van der Waals surface area (Å²) in [5.41, 5.74) is 1.29. The van der Waals surface area contributed by atoms with Crippen molar-refractivity contribution in [2.75, 3.05) is 13.6 Å². The molecule has 0 aliphatic heterocycles. The van der Waals surface area contributed by atoms with Gasteiger partial charge in [0, 0.05) is 19.2 Å². The predicted octanol–water partition coefficient (Wildman–Crippen LogP) is 4.51. The van der Waals surface area contributed by atoms with E-state index in [-0.39, 0.29) is 0 Å². The molecule has 0 spiro atoms. The van der Waals surface area contributed by atoms with Gasteiger partial charge in [-0.25, -0.2) is 4.99 Å². The molecule has 1 heterocycles. The Morgan fingerprint density at radius 3 is 2.65 bits per heavy atom. The molecule has 0 unspecified atom stereocenters. The summed E-state index contributed by atoms with van der Waals surface area (Å²) in [6.07, 6.45) is 2.80. The highest BCUT2D eigenvalue weighted by atomic mass is 35.5. The van der Waals surface area contributed by atoms with Gasteiger partial charge in [0.25, 0.3) is 0 Å². The third-order valence-electron chi connectivity index (χ3n) is 2.62. The van der Waals surface area contributed by atoms with Crippen molar-refractivity contribution in [3.8, 4) is 11.3 Å². The van der Waals surface area contributed by atoms with Crippen LogP contribution < -0.4 is 0 Å². The summed E-state index contributed by atoms with van der Waals surface area (Å²) in [5, 5.41) is 1.09. The second kappa shape index (κ2) is 7.02. The van der Waals surface area contributed by atoms with Crippen LogP contribution in [0.1, 0.15) is 13.3 Å². The zero-order chi connectivity index (χ0) is 14.5. The molecule has 106 valence electrons. The lowest BCUT2D eigenvalue weighted by molar-refractivity contribution is 0.515. The third kappa shape index (κ3) is 3.48. The summed E-state index contributed by atoms with van der Waals surface area (Å²) >= 11 is 13.5. The van der Waals surface area contributed by atoms with Crippen LogP contribution in [0.4, 0.5) is 5.82 Å². The lowest BCUT2D eigenvalue weighted by atomic mass is 10.1. The van der Waals surface area contributed by atoms with Crippen LogP contribution in [0.2, 0.25) is 10.0 Å². The van der Waals surface area contributed by atoms with Crippen LogP contribution in [0.15, 0.2) is 23.2 Å². The van der Waals surface area contributed by atoms with E-state index in [4.69, 9.17) is 23.2 Å². The van der Waals surface area contributed by atoms with E-state index < -0.39 is 0 Å². The highest BCUT2D eigenvalue weighted by Crippen LogP contribution is 2.38. The van der Waals surface area contributed by atoms with Crippen molar-refractivity contribution in [1.82, 2.24) is 13.6 Å². The van der Waals surface area contributed by atoms with E-state index in [2.05, 4.69) is 20.7 Å². The molecular formula is C13H14Cl2N4S. The average molecular weight is 329 g/mol. The molecule has 1 aromatic carbocycles. The maximum Gasteiger partial charge on any atom is 0.195 e. The Labute approximate surface area is 132 Å². The lowest BCUT2D eigenvalue weighted by Crippen LogP contribution is -2.16. The number of halogens is 2. The standard InChI is InChI=1S/C13H14Cl2N4S/c1-3-7-19(2)8-16-13-12(17-20-18-13)11-9(14)5-4-6-10(11)15/h4-6,8H,3,7H2,1-2H3. The van der Waals surface area contributed by atoms with Crippen LogP contribution >= 0.6 is 34.9 Å². The van der Waals surface area contributed by atoms with Crippen molar-refractivity contribution in [1.29, 1.82) is 0 Å². The van der Waals surface area contributed by atoms with E-state index >= 15 is 0 Å². The average Bonchev–Trinajstić information content (AvgIpc) is 2.85. The highest BCUT2D eigenvalue weighted by Gasteiger charge is 2.16. The van der Waals surface area contributed by atoms with Crippen molar-refractivity contribution >= 4 is 47.1 Å². The van der Waals surface area contributed by atoms with Crippen LogP contribution in [0.5, 0.6) is 0 Å². The first kappa shape index (κ1) is 15.2. The van der Waals surface area contributed by atoms with Crippen LogP contribution in [0.25, 0.3) is 11.3 Å². The number of rotatable bonds is 5. The van der Waals surface area contributed by atoms with Crippen molar-refractivity contribution in [3.05, 3.63) is 28.2 Å². The minimum absolute atomic E-state index is 0.535. The second-order valence-electron chi connectivity index (χ2n) is 4.26. The number of hydrogen-bond acceptors (Lipinski definition) is 4. The molecule has 0 saturated carbocycles. The predicted molar refractivity (Wildman–Crippen MR) is 86.4 cm³/mol. The summed E-state index contributed by atoms with van der Waals surface area (Å²) in [7, 11) is 1.97. The van der Waals surface area contributed by atoms with E-state index in [0.717, 1.165) is 24.7 Å². The maximum absolute atomic E-state index is 6.20. The smallest absolute Gasteiger partial charge is 0.195 e. The fourth-order valence-corrected chi connectivity index (χ4v) is 2.80. The van der Waals surface area contributed by atoms with Crippen molar-refractivity contribution in [2.24, 2.45) is 4.99 Å². The van der Waals surface area contributed by atoms with Crippen molar-refractivity contribution < 1.29 is 0 Å². The quantitative estimate of drug-likeness (QED) is 0.598. The van der Waals surface area contributed by atoms with Gasteiger partial charge < -0.3 is 4.90 Å². The summed E-state index contributed by atoms with van der Waals surface area (Å²) < 4.78 is 8.46. The van der Waals surface area contributed by atoms with Crippen LogP contribution in [-0.2, 0) is 0 Å². The first-order chi connectivity index (χ1) is 9.63. The topological polar surface area (TPSA) is 41.4 Å². The molecule has 0 N–H and O–H groups in total. The molecule has 0 atom stereocenters. The Morgan fingerprint density at radius 2 is 2.00 bits per heavy atom. The van der Waals surface area contributed by atoms with E-state index in [1.165, 1.54) is 0 Å². The van der Waals surface area contributed by atoms with E-state index in [1.54, 1.807) is 24.5 Å². The van der Waals surface area contributed by atoms with Gasteiger partial charge in [-0.2, -0.15) is 8.75 Å². The number of hydrogen-bond donors (Lipinski definition) is 0. The summed E-state index contributed by atoms with van der Waals surface area (Å²) in [6, 6.07) is 5.35. The molecule has 0 saturated heterocycles. The molecule has 0 radical (unpaired) electrons. The number of benzene rings is 1. The molecule has 2 aromatic rings. The Hall–Kier alpha value is -1.17. The molecule has 0 aliphatic carbocycles. The van der Waals surface area contributed by atoms with Crippen LogP contribution in [0.3, 0.4) is 0 Å². The first-order valence-electron chi connectivity index (χ1n) is 6.14. The Morgan fingerprint density at radius 1 is 1.30 bits per heavy atom. The molecule has 0 fully saturated rings. The second-order valence-corrected chi connectivity index (χ2v) is 5.60. The highest BCUT2D eigenvalue weighted by molar-refractivity contribution is 6.99. The molecule has 2 rings (SSSR count). The van der Waals surface area contributed by atoms with Gasteiger partial charge in [-0.3, -0.25) is 0 Å². The minimum atomic E-state index is 0.535. The van der Waals surface area contributed by atoms with Crippen molar-refractivity contribution in [3.63, 3.8) is 0 Å². The molecule has 4 nitrogen and oxygen atoms in total. The Bertz CT molecular complexity index is 592. The van der Waals surface area contributed by atoms with Crippen molar-refractivity contribution in [2.45, 2.75) is 13.3 Å². The number of aromatic nitrogens is 2. The number of nitrogens with zero attached hydrogens (tertiary/aromatic N) is 4. The summed E-state index contributed by atoms with van der Waals surface area (Å²) in [5.74, 6) is 0.535. The van der Waals surface area contributed by atoms with E-state index in [0.29, 0.717) is 27.1 Å². The van der Waals surface area contributed by atoms with Crippen LogP contribution in [0, 0.1) is 0 Å². The van der Waals surface area contributed by atoms with Crippen LogP contribution in [-0.4, -0.2) is 33.6 Å². The third-order valence-corrected chi connectivity index (χ3v) is 3.77. The number of aliphatic imine (C=N–C) groups is 1. The van der Waals surface area contributed by atoms with Gasteiger partial charge in [0.15, 0.2) is 5.82 Å². The first-order valence-corrected chi connectivity index (χ1v) is 7.63. The van der Waals surface area contributed by atoms with E-state index in [9.17, 15) is 0 Å². The van der Waals surface area contributed by atoms with Gasteiger partial charge in [0.05, 0.1) is 28.1 Å². The molecule has 20 heavy (non-hydrogen) atoms. The monoisotopic (exact) mass is 328 g/mol. The normalized spacial score (nSPS) is 11.2. The fraction of sp³-hybridized carbons (Fsp3) is 0.308. The molecule has 1 aromatic heterocycles. The SMILES string of the molecule is CCCN(C)C=Nc1nsnc1-c1c(Cl)cccc1Cl. The van der Waals surface area contributed by atoms with E-state index in [1.807, 2.05) is 11.9 Å². The van der Waals surface area contributed by atoms with Gasteiger partial charge >= 0.3 is 0 Å². The maximum atomic E-state index is 6.20. The zero-order valence-corrected chi connectivity index (χ0v) is 13.5. The van der Waals surface area contributed by atoms with Gasteiger partial charge in [-0.1, -0.05) is 36.2 Å². The molecule has 0 amide bonds. The Balaban J connectivity index is 2.34. The largest absolute Gasteiger partial charge is 0.366 e. The summed E-state index contributed by atoms with van der Waals surface area (Å²) in [6.45, 7) is 3.05. The molecule has 0 aliphatic rings. The van der Waals surface area contributed by atoms with Gasteiger partial charge in [0.1, 0.15) is 5.69 Å². The van der Waals surface area contributed by atoms with Gasteiger partial charge in [0.2, 0.25) is 0 Å². The minimum Gasteiger partial charge on any atom is -0.366 e. The zero-order valence-electron chi connectivity index (χ0n) is 11.2.